The lowest BCUT2D eigenvalue weighted by molar-refractivity contribution is 0.305. The average Bonchev–Trinajstić information content (AvgIpc) is 2.77. The van der Waals surface area contributed by atoms with Crippen LogP contribution in [0.15, 0.2) is 66.7 Å². The van der Waals surface area contributed by atoms with Crippen LogP contribution in [-0.2, 0) is 6.42 Å². The molecular weight excluding hydrogens is 354 g/mol. The lowest BCUT2D eigenvalue weighted by Gasteiger charge is -2.18. The molecule has 0 saturated heterocycles. The zero-order chi connectivity index (χ0) is 20.5. The zero-order valence-corrected chi connectivity index (χ0v) is 17.4. The molecule has 0 atom stereocenters. The van der Waals surface area contributed by atoms with Gasteiger partial charge in [0.1, 0.15) is 17.4 Å². The maximum Gasteiger partial charge on any atom is 0.137 e. The number of hydrogen-bond acceptors (Lipinski definition) is 2. The number of ether oxygens (including phenoxy) is 1. The molecule has 2 heteroatoms. The van der Waals surface area contributed by atoms with Gasteiger partial charge in [0.2, 0.25) is 0 Å². The molecule has 0 unspecified atom stereocenters. The van der Waals surface area contributed by atoms with Crippen LogP contribution in [-0.4, -0.2) is 6.61 Å². The van der Waals surface area contributed by atoms with Gasteiger partial charge in [-0.2, -0.15) is 5.26 Å². The maximum absolute atomic E-state index is 10.0. The second kappa shape index (κ2) is 10.5. The predicted molar refractivity (Wildman–Crippen MR) is 121 cm³/mol. The van der Waals surface area contributed by atoms with Gasteiger partial charge in [-0.15, -0.1) is 0 Å². The van der Waals surface area contributed by atoms with E-state index < -0.39 is 0 Å². The maximum atomic E-state index is 10.0. The first-order valence-corrected chi connectivity index (χ1v) is 10.6. The Labute approximate surface area is 174 Å². The second-order valence-corrected chi connectivity index (χ2v) is 7.30. The SMILES string of the molecule is CCCCCOc1cccc(-c2c(CCC)cccc2-c2ccccc2)c1C#N. The molecule has 0 fully saturated rings. The van der Waals surface area contributed by atoms with E-state index in [2.05, 4.69) is 68.4 Å². The average molecular weight is 384 g/mol. The minimum Gasteiger partial charge on any atom is -0.492 e. The molecule has 0 saturated carbocycles. The van der Waals surface area contributed by atoms with E-state index in [1.165, 1.54) is 11.1 Å². The van der Waals surface area contributed by atoms with Crippen LogP contribution in [0.25, 0.3) is 22.3 Å². The molecule has 29 heavy (non-hydrogen) atoms. The molecule has 0 aromatic heterocycles. The van der Waals surface area contributed by atoms with Crippen molar-refractivity contribution in [2.75, 3.05) is 6.61 Å². The number of unbranched alkanes of at least 4 members (excludes halogenated alkanes) is 2. The summed E-state index contributed by atoms with van der Waals surface area (Å²) in [7, 11) is 0. The molecule has 2 nitrogen and oxygen atoms in total. The fourth-order valence-electron chi connectivity index (χ4n) is 3.76. The van der Waals surface area contributed by atoms with Crippen molar-refractivity contribution in [2.24, 2.45) is 0 Å². The van der Waals surface area contributed by atoms with Crippen LogP contribution in [0.2, 0.25) is 0 Å². The molecule has 148 valence electrons. The molecule has 0 spiro atoms. The number of hydrogen-bond donors (Lipinski definition) is 0. The van der Waals surface area contributed by atoms with Crippen LogP contribution in [0.1, 0.15) is 50.7 Å². The lowest BCUT2D eigenvalue weighted by Crippen LogP contribution is -2.01. The Morgan fingerprint density at radius 2 is 1.55 bits per heavy atom. The van der Waals surface area contributed by atoms with Crippen LogP contribution in [0.4, 0.5) is 0 Å². The monoisotopic (exact) mass is 383 g/mol. The van der Waals surface area contributed by atoms with Crippen molar-refractivity contribution in [3.63, 3.8) is 0 Å². The first-order valence-electron chi connectivity index (χ1n) is 10.6. The molecule has 0 N–H and O–H groups in total. The summed E-state index contributed by atoms with van der Waals surface area (Å²) in [5.74, 6) is 0.686. The van der Waals surface area contributed by atoms with Crippen molar-refractivity contribution in [3.05, 3.63) is 77.9 Å². The highest BCUT2D eigenvalue weighted by Crippen LogP contribution is 2.39. The van der Waals surface area contributed by atoms with Gasteiger partial charge in [0.25, 0.3) is 0 Å². The first kappa shape index (κ1) is 20.7. The van der Waals surface area contributed by atoms with Crippen LogP contribution >= 0.6 is 0 Å². The summed E-state index contributed by atoms with van der Waals surface area (Å²) in [6.07, 6.45) is 5.33. The van der Waals surface area contributed by atoms with Gasteiger partial charge in [0, 0.05) is 5.56 Å². The summed E-state index contributed by atoms with van der Waals surface area (Å²) in [6.45, 7) is 5.02. The Hall–Kier alpha value is -3.05. The van der Waals surface area contributed by atoms with Gasteiger partial charge in [-0.1, -0.05) is 93.8 Å². The van der Waals surface area contributed by atoms with Crippen LogP contribution in [0.3, 0.4) is 0 Å². The van der Waals surface area contributed by atoms with Gasteiger partial charge in [0.05, 0.1) is 6.61 Å². The third-order valence-electron chi connectivity index (χ3n) is 5.17. The molecule has 0 aliphatic carbocycles. The Morgan fingerprint density at radius 1 is 0.793 bits per heavy atom. The van der Waals surface area contributed by atoms with Crippen molar-refractivity contribution in [2.45, 2.75) is 46.0 Å². The minimum absolute atomic E-state index is 0.629. The minimum atomic E-state index is 0.629. The van der Waals surface area contributed by atoms with Gasteiger partial charge >= 0.3 is 0 Å². The molecule has 3 rings (SSSR count). The zero-order valence-electron chi connectivity index (χ0n) is 17.4. The van der Waals surface area contributed by atoms with Gasteiger partial charge in [0.15, 0.2) is 0 Å². The third-order valence-corrected chi connectivity index (χ3v) is 5.17. The van der Waals surface area contributed by atoms with E-state index in [9.17, 15) is 5.26 Å². The van der Waals surface area contributed by atoms with E-state index >= 15 is 0 Å². The van der Waals surface area contributed by atoms with Gasteiger partial charge in [-0.05, 0) is 41.2 Å². The summed E-state index contributed by atoms with van der Waals surface area (Å²) in [4.78, 5) is 0. The standard InChI is InChI=1S/C27H29NO/c1-3-5-9-19-29-26-18-11-17-24(25(26)20-28)27-22(12-4-2)15-10-16-23(27)21-13-7-6-8-14-21/h6-8,10-11,13-18H,3-5,9,12,19H2,1-2H3. The quantitative estimate of drug-likeness (QED) is 0.360. The molecule has 0 aliphatic rings. The van der Waals surface area contributed by atoms with E-state index in [0.717, 1.165) is 48.8 Å². The molecule has 0 bridgehead atoms. The normalized spacial score (nSPS) is 10.5. The summed E-state index contributed by atoms with van der Waals surface area (Å²) >= 11 is 0. The smallest absolute Gasteiger partial charge is 0.137 e. The van der Waals surface area contributed by atoms with Crippen LogP contribution in [0, 0.1) is 11.3 Å². The molecule has 0 heterocycles. The van der Waals surface area contributed by atoms with Crippen LogP contribution in [0.5, 0.6) is 5.75 Å². The van der Waals surface area contributed by atoms with Crippen LogP contribution < -0.4 is 4.74 Å². The second-order valence-electron chi connectivity index (χ2n) is 7.30. The molecule has 0 amide bonds. The Balaban J connectivity index is 2.13. The highest BCUT2D eigenvalue weighted by Gasteiger charge is 2.18. The van der Waals surface area contributed by atoms with E-state index in [0.29, 0.717) is 17.9 Å². The third kappa shape index (κ3) is 4.87. The largest absolute Gasteiger partial charge is 0.492 e. The van der Waals surface area contributed by atoms with Crippen molar-refractivity contribution in [3.8, 4) is 34.1 Å². The number of aryl methyl sites for hydroxylation is 1. The van der Waals surface area contributed by atoms with E-state index in [4.69, 9.17) is 4.74 Å². The molecule has 0 aliphatic heterocycles. The fraction of sp³-hybridized carbons (Fsp3) is 0.296. The fourth-order valence-corrected chi connectivity index (χ4v) is 3.76. The molecular formula is C27H29NO. The molecule has 3 aromatic carbocycles. The van der Waals surface area contributed by atoms with E-state index in [1.807, 2.05) is 18.2 Å². The van der Waals surface area contributed by atoms with Crippen molar-refractivity contribution in [1.29, 1.82) is 5.26 Å². The van der Waals surface area contributed by atoms with Crippen molar-refractivity contribution < 1.29 is 4.74 Å². The Bertz CT molecular complexity index is 970. The van der Waals surface area contributed by atoms with Crippen molar-refractivity contribution >= 4 is 0 Å². The van der Waals surface area contributed by atoms with E-state index in [-0.39, 0.29) is 0 Å². The first-order chi connectivity index (χ1) is 14.3. The predicted octanol–water partition coefficient (Wildman–Crippen LogP) is 7.41. The lowest BCUT2D eigenvalue weighted by atomic mass is 9.87. The summed E-state index contributed by atoms with van der Waals surface area (Å²) in [5.41, 5.74) is 6.34. The number of nitrogens with zero attached hydrogens (tertiary/aromatic N) is 1. The highest BCUT2D eigenvalue weighted by molar-refractivity contribution is 5.89. The topological polar surface area (TPSA) is 33.0 Å². The number of benzene rings is 3. The van der Waals surface area contributed by atoms with Crippen molar-refractivity contribution in [1.82, 2.24) is 0 Å². The Morgan fingerprint density at radius 3 is 2.28 bits per heavy atom. The molecule has 3 aromatic rings. The summed E-state index contributed by atoms with van der Waals surface area (Å²) in [6, 6.07) is 25.3. The summed E-state index contributed by atoms with van der Waals surface area (Å²) in [5, 5.41) is 10.0. The number of nitriles is 1. The number of rotatable bonds is 9. The Kier molecular flexibility index (Phi) is 7.47. The van der Waals surface area contributed by atoms with Gasteiger partial charge < -0.3 is 4.74 Å². The molecule has 0 radical (unpaired) electrons. The summed E-state index contributed by atoms with van der Waals surface area (Å²) < 4.78 is 6.02. The van der Waals surface area contributed by atoms with Gasteiger partial charge in [-0.25, -0.2) is 0 Å². The highest BCUT2D eigenvalue weighted by atomic mass is 16.5. The van der Waals surface area contributed by atoms with Gasteiger partial charge in [-0.3, -0.25) is 0 Å². The van der Waals surface area contributed by atoms with E-state index in [1.54, 1.807) is 0 Å².